The third-order valence-electron chi connectivity index (χ3n) is 1.66. The van der Waals surface area contributed by atoms with Crippen LogP contribution in [0, 0.1) is 5.92 Å². The van der Waals surface area contributed by atoms with Gasteiger partial charge in [-0.15, -0.1) is 0 Å². The fraction of sp³-hybridized carbons (Fsp3) is 0.667. The average Bonchev–Trinajstić information content (AvgIpc) is 1.98. The summed E-state index contributed by atoms with van der Waals surface area (Å²) in [5.74, 6) is 0.101. The fourth-order valence-electron chi connectivity index (χ4n) is 0.787. The molecule has 0 saturated carbocycles. The van der Waals surface area contributed by atoms with Gasteiger partial charge in [-0.05, 0) is 19.4 Å². The van der Waals surface area contributed by atoms with Crippen molar-refractivity contribution < 1.29 is 9.90 Å². The second kappa shape index (κ2) is 5.08. The Hall–Kier alpha value is -0.630. The van der Waals surface area contributed by atoms with Crippen LogP contribution in [-0.2, 0) is 4.79 Å². The lowest BCUT2D eigenvalue weighted by molar-refractivity contribution is -0.112. The van der Waals surface area contributed by atoms with Crippen LogP contribution in [0.3, 0.4) is 0 Å². The Morgan fingerprint density at radius 3 is 2.55 bits per heavy atom. The number of rotatable bonds is 4. The van der Waals surface area contributed by atoms with E-state index >= 15 is 0 Å². The summed E-state index contributed by atoms with van der Waals surface area (Å²) in [6.45, 7) is 5.32. The number of carbonyl (C=O) groups is 1. The molecule has 2 heteroatoms. The Morgan fingerprint density at radius 1 is 1.64 bits per heavy atom. The van der Waals surface area contributed by atoms with E-state index in [1.807, 2.05) is 13.8 Å². The van der Waals surface area contributed by atoms with Crippen LogP contribution in [0.4, 0.5) is 0 Å². The van der Waals surface area contributed by atoms with Crippen molar-refractivity contribution >= 4 is 5.78 Å². The molecule has 0 fully saturated rings. The molecule has 2 atom stereocenters. The van der Waals surface area contributed by atoms with Crippen LogP contribution < -0.4 is 0 Å². The molecular formula is C9H16O2. The SMILES string of the molecule is CC[C@@H](O)[C@H](C)/C=C/C(C)=O. The first kappa shape index (κ1) is 10.4. The van der Waals surface area contributed by atoms with Crippen molar-refractivity contribution in [3.05, 3.63) is 12.2 Å². The van der Waals surface area contributed by atoms with E-state index in [0.29, 0.717) is 0 Å². The summed E-state index contributed by atoms with van der Waals surface area (Å²) in [5, 5.41) is 9.28. The lowest BCUT2D eigenvalue weighted by Gasteiger charge is -2.11. The van der Waals surface area contributed by atoms with Crippen molar-refractivity contribution in [3.63, 3.8) is 0 Å². The molecule has 0 bridgehead atoms. The fourth-order valence-corrected chi connectivity index (χ4v) is 0.787. The molecule has 0 aromatic rings. The number of ketones is 1. The molecular weight excluding hydrogens is 140 g/mol. The number of aliphatic hydroxyl groups excluding tert-OH is 1. The van der Waals surface area contributed by atoms with Crippen molar-refractivity contribution in [2.24, 2.45) is 5.92 Å². The average molecular weight is 156 g/mol. The summed E-state index contributed by atoms with van der Waals surface area (Å²) in [7, 11) is 0. The number of aliphatic hydroxyl groups is 1. The Balaban J connectivity index is 3.85. The van der Waals surface area contributed by atoms with Crippen LogP contribution >= 0.6 is 0 Å². The van der Waals surface area contributed by atoms with Crippen molar-refractivity contribution in [2.75, 3.05) is 0 Å². The molecule has 0 aromatic carbocycles. The zero-order chi connectivity index (χ0) is 8.85. The highest BCUT2D eigenvalue weighted by molar-refractivity contribution is 5.87. The molecule has 0 spiro atoms. The van der Waals surface area contributed by atoms with Crippen LogP contribution in [0.15, 0.2) is 12.2 Å². The van der Waals surface area contributed by atoms with E-state index in [0.717, 1.165) is 6.42 Å². The van der Waals surface area contributed by atoms with Gasteiger partial charge in [0, 0.05) is 5.92 Å². The molecule has 0 aliphatic rings. The quantitative estimate of drug-likeness (QED) is 0.627. The second-order valence-electron chi connectivity index (χ2n) is 2.80. The minimum atomic E-state index is -0.328. The summed E-state index contributed by atoms with van der Waals surface area (Å²) in [6, 6.07) is 0. The van der Waals surface area contributed by atoms with Gasteiger partial charge in [0.15, 0.2) is 5.78 Å². The van der Waals surface area contributed by atoms with Crippen LogP contribution in [0.25, 0.3) is 0 Å². The maximum atomic E-state index is 10.5. The van der Waals surface area contributed by atoms with Crippen LogP contribution in [0.5, 0.6) is 0 Å². The van der Waals surface area contributed by atoms with E-state index in [2.05, 4.69) is 0 Å². The zero-order valence-corrected chi connectivity index (χ0v) is 7.37. The standard InChI is InChI=1S/C9H16O2/c1-4-9(11)7(2)5-6-8(3)10/h5-7,9,11H,4H2,1-3H3/b6-5+/t7-,9-/m1/s1. The smallest absolute Gasteiger partial charge is 0.152 e. The monoisotopic (exact) mass is 156 g/mol. The minimum Gasteiger partial charge on any atom is -0.393 e. The maximum Gasteiger partial charge on any atom is 0.152 e. The summed E-state index contributed by atoms with van der Waals surface area (Å²) < 4.78 is 0. The number of hydrogen-bond donors (Lipinski definition) is 1. The van der Waals surface area contributed by atoms with Gasteiger partial charge in [0.2, 0.25) is 0 Å². The molecule has 2 nitrogen and oxygen atoms in total. The summed E-state index contributed by atoms with van der Waals surface area (Å²) >= 11 is 0. The van der Waals surface area contributed by atoms with Crippen molar-refractivity contribution in [1.29, 1.82) is 0 Å². The van der Waals surface area contributed by atoms with Crippen molar-refractivity contribution in [1.82, 2.24) is 0 Å². The Bertz CT molecular complexity index is 150. The Kier molecular flexibility index (Phi) is 4.79. The van der Waals surface area contributed by atoms with E-state index in [-0.39, 0.29) is 17.8 Å². The molecule has 64 valence electrons. The van der Waals surface area contributed by atoms with E-state index in [4.69, 9.17) is 0 Å². The van der Waals surface area contributed by atoms with E-state index in [9.17, 15) is 9.90 Å². The largest absolute Gasteiger partial charge is 0.393 e. The summed E-state index contributed by atoms with van der Waals surface area (Å²) in [4.78, 5) is 10.5. The molecule has 11 heavy (non-hydrogen) atoms. The van der Waals surface area contributed by atoms with Gasteiger partial charge in [-0.3, -0.25) is 4.79 Å². The van der Waals surface area contributed by atoms with Gasteiger partial charge in [-0.1, -0.05) is 19.9 Å². The molecule has 0 aliphatic carbocycles. The molecule has 0 rings (SSSR count). The number of carbonyl (C=O) groups excluding carboxylic acids is 1. The van der Waals surface area contributed by atoms with Gasteiger partial charge in [0.25, 0.3) is 0 Å². The molecule has 0 radical (unpaired) electrons. The normalized spacial score (nSPS) is 16.7. The van der Waals surface area contributed by atoms with E-state index < -0.39 is 0 Å². The summed E-state index contributed by atoms with van der Waals surface area (Å²) in [6.07, 6.45) is 3.65. The lowest BCUT2D eigenvalue weighted by Crippen LogP contribution is -2.13. The first-order valence-corrected chi connectivity index (χ1v) is 3.94. The van der Waals surface area contributed by atoms with Crippen LogP contribution in [0.1, 0.15) is 27.2 Å². The third-order valence-corrected chi connectivity index (χ3v) is 1.66. The highest BCUT2D eigenvalue weighted by Gasteiger charge is 2.07. The first-order valence-electron chi connectivity index (χ1n) is 3.94. The van der Waals surface area contributed by atoms with Gasteiger partial charge in [-0.25, -0.2) is 0 Å². The highest BCUT2D eigenvalue weighted by atomic mass is 16.3. The highest BCUT2D eigenvalue weighted by Crippen LogP contribution is 2.07. The number of hydrogen-bond acceptors (Lipinski definition) is 2. The van der Waals surface area contributed by atoms with Gasteiger partial charge in [-0.2, -0.15) is 0 Å². The molecule has 1 N–H and O–H groups in total. The molecule has 0 heterocycles. The van der Waals surface area contributed by atoms with E-state index in [1.54, 1.807) is 6.08 Å². The minimum absolute atomic E-state index is 0.0279. The van der Waals surface area contributed by atoms with Crippen LogP contribution in [-0.4, -0.2) is 17.0 Å². The predicted octanol–water partition coefficient (Wildman–Crippen LogP) is 1.54. The molecule has 0 amide bonds. The van der Waals surface area contributed by atoms with Crippen molar-refractivity contribution in [3.8, 4) is 0 Å². The zero-order valence-electron chi connectivity index (χ0n) is 7.37. The lowest BCUT2D eigenvalue weighted by atomic mass is 10.0. The topological polar surface area (TPSA) is 37.3 Å². The first-order chi connectivity index (χ1) is 5.07. The van der Waals surface area contributed by atoms with Gasteiger partial charge >= 0.3 is 0 Å². The molecule has 0 unspecified atom stereocenters. The van der Waals surface area contributed by atoms with Crippen molar-refractivity contribution in [2.45, 2.75) is 33.3 Å². The second-order valence-corrected chi connectivity index (χ2v) is 2.80. The third kappa shape index (κ3) is 4.73. The van der Waals surface area contributed by atoms with Gasteiger partial charge in [0.05, 0.1) is 6.10 Å². The van der Waals surface area contributed by atoms with Gasteiger partial charge in [0.1, 0.15) is 0 Å². The van der Waals surface area contributed by atoms with Crippen LogP contribution in [0.2, 0.25) is 0 Å². The molecule has 0 aromatic heterocycles. The Labute approximate surface area is 67.9 Å². The van der Waals surface area contributed by atoms with Gasteiger partial charge < -0.3 is 5.11 Å². The summed E-state index contributed by atoms with van der Waals surface area (Å²) in [5.41, 5.74) is 0. The molecule has 0 saturated heterocycles. The molecule has 0 aliphatic heterocycles. The van der Waals surface area contributed by atoms with E-state index in [1.165, 1.54) is 13.0 Å². The number of allylic oxidation sites excluding steroid dienone is 1. The predicted molar refractivity (Wildman–Crippen MR) is 45.3 cm³/mol. The Morgan fingerprint density at radius 2 is 2.18 bits per heavy atom. The maximum absolute atomic E-state index is 10.5.